The van der Waals surface area contributed by atoms with Crippen LogP contribution in [0.5, 0.6) is 0 Å². The molecular weight excluding hydrogens is 392 g/mol. The first-order valence-corrected chi connectivity index (χ1v) is 11.1. The van der Waals surface area contributed by atoms with Crippen molar-refractivity contribution in [3.05, 3.63) is 108 Å². The summed E-state index contributed by atoms with van der Waals surface area (Å²) in [6.07, 6.45) is -0.555. The summed E-state index contributed by atoms with van der Waals surface area (Å²) >= 11 is 6.46. The molecule has 1 N–H and O–H groups in total. The van der Waals surface area contributed by atoms with Crippen LogP contribution in [0.25, 0.3) is 0 Å². The van der Waals surface area contributed by atoms with Crippen LogP contribution in [-0.2, 0) is 5.54 Å². The van der Waals surface area contributed by atoms with E-state index in [1.807, 2.05) is 0 Å². The van der Waals surface area contributed by atoms with Crippen LogP contribution in [0.4, 0.5) is 0 Å². The van der Waals surface area contributed by atoms with Crippen molar-refractivity contribution in [3.63, 3.8) is 0 Å². The zero-order valence-corrected chi connectivity index (χ0v) is 18.1. The predicted molar refractivity (Wildman–Crippen MR) is 124 cm³/mol. The van der Waals surface area contributed by atoms with Crippen LogP contribution >= 0.6 is 11.6 Å². The van der Waals surface area contributed by atoms with Gasteiger partial charge < -0.3 is 5.11 Å². The van der Waals surface area contributed by atoms with Gasteiger partial charge in [-0.3, -0.25) is 9.80 Å². The SMILES string of the molecule is CC(O)C(Cl)N1CCN(C(c2ccccc2)(c2ccccc2)c2ccccc2)CC1. The van der Waals surface area contributed by atoms with Gasteiger partial charge in [-0.2, -0.15) is 0 Å². The Morgan fingerprint density at radius 1 is 0.700 bits per heavy atom. The summed E-state index contributed by atoms with van der Waals surface area (Å²) in [5.74, 6) is 0. The average Bonchev–Trinajstić information content (AvgIpc) is 2.82. The first kappa shape index (κ1) is 21.1. The summed E-state index contributed by atoms with van der Waals surface area (Å²) in [5, 5.41) is 9.95. The molecule has 2 atom stereocenters. The fourth-order valence-electron chi connectivity index (χ4n) is 4.69. The monoisotopic (exact) mass is 420 g/mol. The van der Waals surface area contributed by atoms with Gasteiger partial charge in [-0.1, -0.05) is 91.0 Å². The van der Waals surface area contributed by atoms with E-state index in [2.05, 4.69) is 101 Å². The molecule has 2 unspecified atom stereocenters. The summed E-state index contributed by atoms with van der Waals surface area (Å²) in [5.41, 5.74) is 3.03. The molecule has 156 valence electrons. The molecule has 0 saturated carbocycles. The summed E-state index contributed by atoms with van der Waals surface area (Å²) in [7, 11) is 0. The van der Waals surface area contributed by atoms with Crippen LogP contribution in [0.3, 0.4) is 0 Å². The zero-order chi connectivity index (χ0) is 21.0. The van der Waals surface area contributed by atoms with Gasteiger partial charge in [-0.05, 0) is 23.6 Å². The summed E-state index contributed by atoms with van der Waals surface area (Å²) < 4.78 is 0. The van der Waals surface area contributed by atoms with Crippen molar-refractivity contribution in [2.45, 2.75) is 24.1 Å². The Morgan fingerprint density at radius 3 is 1.40 bits per heavy atom. The number of hydrogen-bond acceptors (Lipinski definition) is 3. The van der Waals surface area contributed by atoms with Crippen LogP contribution in [0.1, 0.15) is 23.6 Å². The fourth-order valence-corrected chi connectivity index (χ4v) is 4.89. The second-order valence-electron chi connectivity index (χ2n) is 7.94. The molecule has 0 radical (unpaired) electrons. The number of rotatable bonds is 6. The molecule has 1 saturated heterocycles. The Labute approximate surface area is 184 Å². The molecule has 0 aromatic heterocycles. The number of halogens is 1. The van der Waals surface area contributed by atoms with Gasteiger partial charge in [-0.25, -0.2) is 0 Å². The Bertz CT molecular complexity index is 813. The summed E-state index contributed by atoms with van der Waals surface area (Å²) in [6.45, 7) is 5.09. The van der Waals surface area contributed by atoms with Crippen molar-refractivity contribution in [2.24, 2.45) is 0 Å². The molecule has 4 heteroatoms. The van der Waals surface area contributed by atoms with Crippen molar-refractivity contribution < 1.29 is 5.11 Å². The van der Waals surface area contributed by atoms with E-state index in [1.165, 1.54) is 16.7 Å². The minimum Gasteiger partial charge on any atom is -0.390 e. The lowest BCUT2D eigenvalue weighted by atomic mass is 9.75. The second kappa shape index (κ2) is 9.32. The van der Waals surface area contributed by atoms with Crippen LogP contribution in [0.2, 0.25) is 0 Å². The van der Waals surface area contributed by atoms with Gasteiger partial charge in [-0.15, -0.1) is 11.6 Å². The Morgan fingerprint density at radius 2 is 1.07 bits per heavy atom. The second-order valence-corrected chi connectivity index (χ2v) is 8.39. The Hall–Kier alpha value is -2.17. The third-order valence-electron chi connectivity index (χ3n) is 6.11. The van der Waals surface area contributed by atoms with Gasteiger partial charge in [0.15, 0.2) is 0 Å². The van der Waals surface area contributed by atoms with E-state index in [0.717, 1.165) is 26.2 Å². The smallest absolute Gasteiger partial charge is 0.111 e. The Kier molecular flexibility index (Phi) is 6.55. The molecule has 0 aliphatic carbocycles. The van der Waals surface area contributed by atoms with Gasteiger partial charge in [0.1, 0.15) is 5.50 Å². The van der Waals surface area contributed by atoms with E-state index in [1.54, 1.807) is 6.92 Å². The zero-order valence-electron chi connectivity index (χ0n) is 17.4. The molecule has 0 spiro atoms. The average molecular weight is 421 g/mol. The molecule has 1 aliphatic heterocycles. The highest BCUT2D eigenvalue weighted by molar-refractivity contribution is 6.20. The number of nitrogens with zero attached hydrogens (tertiary/aromatic N) is 2. The van der Waals surface area contributed by atoms with Crippen LogP contribution in [-0.4, -0.2) is 52.7 Å². The maximum absolute atomic E-state index is 9.95. The molecule has 3 aromatic rings. The minimum atomic E-state index is -0.555. The number of piperazine rings is 1. The molecular formula is C26H29ClN2O. The van der Waals surface area contributed by atoms with Crippen LogP contribution < -0.4 is 0 Å². The van der Waals surface area contributed by atoms with Crippen molar-refractivity contribution in [1.29, 1.82) is 0 Å². The number of benzene rings is 3. The number of hydrogen-bond donors (Lipinski definition) is 1. The van der Waals surface area contributed by atoms with E-state index in [0.29, 0.717) is 0 Å². The number of aliphatic hydroxyl groups is 1. The van der Waals surface area contributed by atoms with Gasteiger partial charge >= 0.3 is 0 Å². The fraction of sp³-hybridized carbons (Fsp3) is 0.308. The first-order chi connectivity index (χ1) is 14.6. The third kappa shape index (κ3) is 3.91. The van der Waals surface area contributed by atoms with Crippen molar-refractivity contribution in [3.8, 4) is 0 Å². The summed E-state index contributed by atoms with van der Waals surface area (Å²) in [4.78, 5) is 4.74. The maximum Gasteiger partial charge on any atom is 0.111 e. The van der Waals surface area contributed by atoms with Crippen LogP contribution in [0.15, 0.2) is 91.0 Å². The maximum atomic E-state index is 9.95. The van der Waals surface area contributed by atoms with Gasteiger partial charge in [0.25, 0.3) is 0 Å². The Balaban J connectivity index is 1.82. The van der Waals surface area contributed by atoms with E-state index in [9.17, 15) is 5.11 Å². The number of alkyl halides is 1. The van der Waals surface area contributed by atoms with E-state index >= 15 is 0 Å². The quantitative estimate of drug-likeness (QED) is 0.360. The van der Waals surface area contributed by atoms with Crippen LogP contribution in [0, 0.1) is 0 Å². The molecule has 1 heterocycles. The molecule has 4 rings (SSSR count). The molecule has 0 amide bonds. The lowest BCUT2D eigenvalue weighted by molar-refractivity contribution is 0.0344. The molecule has 1 aliphatic rings. The molecule has 30 heavy (non-hydrogen) atoms. The number of aliphatic hydroxyl groups excluding tert-OH is 1. The standard InChI is InChI=1S/C26H29ClN2O/c1-21(30)25(27)28-17-19-29(20-18-28)26(22-11-5-2-6-12-22,23-13-7-3-8-14-23)24-15-9-4-10-16-24/h2-16,21,25,30H,17-20H2,1H3. The minimum absolute atomic E-state index is 0.355. The van der Waals surface area contributed by atoms with Gasteiger partial charge in [0.05, 0.1) is 11.6 Å². The third-order valence-corrected chi connectivity index (χ3v) is 6.75. The van der Waals surface area contributed by atoms with Crippen molar-refractivity contribution in [1.82, 2.24) is 9.80 Å². The summed E-state index contributed by atoms with van der Waals surface area (Å²) in [6, 6.07) is 32.3. The highest BCUT2D eigenvalue weighted by Crippen LogP contribution is 2.42. The highest BCUT2D eigenvalue weighted by atomic mass is 35.5. The molecule has 1 fully saturated rings. The lowest BCUT2D eigenvalue weighted by Crippen LogP contribution is -2.58. The van der Waals surface area contributed by atoms with Gasteiger partial charge in [0.2, 0.25) is 0 Å². The van der Waals surface area contributed by atoms with Gasteiger partial charge in [0, 0.05) is 26.2 Å². The van der Waals surface area contributed by atoms with E-state index < -0.39 is 6.10 Å². The molecule has 0 bridgehead atoms. The topological polar surface area (TPSA) is 26.7 Å². The lowest BCUT2D eigenvalue weighted by Gasteiger charge is -2.49. The predicted octanol–water partition coefficient (Wildman–Crippen LogP) is 4.54. The largest absolute Gasteiger partial charge is 0.390 e. The van der Waals surface area contributed by atoms with Crippen molar-refractivity contribution in [2.75, 3.05) is 26.2 Å². The van der Waals surface area contributed by atoms with E-state index in [-0.39, 0.29) is 11.0 Å². The van der Waals surface area contributed by atoms with Crippen molar-refractivity contribution >= 4 is 11.6 Å². The highest BCUT2D eigenvalue weighted by Gasteiger charge is 2.43. The normalized spacial score (nSPS) is 18.1. The molecule has 3 aromatic carbocycles. The van der Waals surface area contributed by atoms with E-state index in [4.69, 9.17) is 11.6 Å². The molecule has 3 nitrogen and oxygen atoms in total. The first-order valence-electron chi connectivity index (χ1n) is 10.6.